The fraction of sp³-hybridized carbons (Fsp3) is 0.545. The first-order valence-electron chi connectivity index (χ1n) is 16.0. The van der Waals surface area contributed by atoms with E-state index in [1.54, 1.807) is 15.9 Å². The number of piperazine rings is 1. The number of carboxylic acids is 1. The SMILES string of the molecule is CCCCOC(=O)N1CCN(C(=O)[C@H](CCC(=O)O)NC(=O)c2cc(N3CCC(CNC)CC3)cc(-c3ccccc3)n2)CC1. The van der Waals surface area contributed by atoms with Gasteiger partial charge in [-0.05, 0) is 57.3 Å². The molecule has 2 aromatic rings. The summed E-state index contributed by atoms with van der Waals surface area (Å²) in [5, 5.41) is 15.4. The first-order chi connectivity index (χ1) is 21.8. The number of hydrogen-bond donors (Lipinski definition) is 3. The average molecular weight is 623 g/mol. The third-order valence-electron chi connectivity index (χ3n) is 8.41. The minimum absolute atomic E-state index is 0.0661. The molecular weight excluding hydrogens is 576 g/mol. The summed E-state index contributed by atoms with van der Waals surface area (Å²) in [6.07, 6.45) is 3.00. The first-order valence-corrected chi connectivity index (χ1v) is 16.0. The zero-order valence-corrected chi connectivity index (χ0v) is 26.4. The molecule has 0 spiro atoms. The van der Waals surface area contributed by atoms with Gasteiger partial charge in [0.25, 0.3) is 5.91 Å². The fourth-order valence-electron chi connectivity index (χ4n) is 5.74. The number of hydrogen-bond acceptors (Lipinski definition) is 8. The van der Waals surface area contributed by atoms with Gasteiger partial charge in [-0.3, -0.25) is 14.4 Å². The molecule has 2 fully saturated rings. The van der Waals surface area contributed by atoms with Crippen LogP contribution in [-0.2, 0) is 14.3 Å². The van der Waals surface area contributed by atoms with Crippen LogP contribution in [0.1, 0.15) is 55.9 Å². The molecular formula is C33H46N6O6. The van der Waals surface area contributed by atoms with Crippen LogP contribution in [0, 0.1) is 5.92 Å². The summed E-state index contributed by atoms with van der Waals surface area (Å²) in [4.78, 5) is 61.2. The average Bonchev–Trinajstić information content (AvgIpc) is 3.07. The number of unbranched alkanes of at least 4 members (excludes halogenated alkanes) is 1. The van der Waals surface area contributed by atoms with Crippen molar-refractivity contribution in [2.24, 2.45) is 5.92 Å². The number of carbonyl (C=O) groups is 4. The van der Waals surface area contributed by atoms with Gasteiger partial charge >= 0.3 is 12.1 Å². The maximum atomic E-state index is 13.7. The van der Waals surface area contributed by atoms with Crippen molar-refractivity contribution in [3.8, 4) is 11.3 Å². The van der Waals surface area contributed by atoms with Crippen LogP contribution in [0.25, 0.3) is 11.3 Å². The molecule has 2 aliphatic heterocycles. The van der Waals surface area contributed by atoms with E-state index in [1.807, 2.05) is 50.4 Å². The van der Waals surface area contributed by atoms with Gasteiger partial charge in [-0.2, -0.15) is 0 Å². The van der Waals surface area contributed by atoms with Gasteiger partial charge < -0.3 is 35.2 Å². The van der Waals surface area contributed by atoms with Crippen LogP contribution in [-0.4, -0.2) is 109 Å². The van der Waals surface area contributed by atoms with Gasteiger partial charge in [0.05, 0.1) is 12.3 Å². The number of benzene rings is 1. The van der Waals surface area contributed by atoms with Crippen molar-refractivity contribution in [3.05, 3.63) is 48.2 Å². The Bertz CT molecular complexity index is 1290. The lowest BCUT2D eigenvalue weighted by Gasteiger charge is -2.36. The molecule has 3 amide bonds. The number of carbonyl (C=O) groups excluding carboxylic acids is 3. The van der Waals surface area contributed by atoms with Gasteiger partial charge in [-0.1, -0.05) is 43.7 Å². The summed E-state index contributed by atoms with van der Waals surface area (Å²) in [6.45, 7) is 6.16. The van der Waals surface area contributed by atoms with Crippen LogP contribution < -0.4 is 15.5 Å². The largest absolute Gasteiger partial charge is 0.481 e. The summed E-state index contributed by atoms with van der Waals surface area (Å²) < 4.78 is 5.29. The molecule has 45 heavy (non-hydrogen) atoms. The van der Waals surface area contributed by atoms with Crippen molar-refractivity contribution in [2.45, 2.75) is 51.5 Å². The predicted octanol–water partition coefficient (Wildman–Crippen LogP) is 3.23. The normalized spacial score (nSPS) is 16.3. The summed E-state index contributed by atoms with van der Waals surface area (Å²) >= 11 is 0. The number of nitrogens with one attached hydrogen (secondary N) is 2. The highest BCUT2D eigenvalue weighted by Crippen LogP contribution is 2.28. The topological polar surface area (TPSA) is 144 Å². The molecule has 1 aromatic carbocycles. The molecule has 2 aliphatic rings. The zero-order chi connectivity index (χ0) is 32.2. The van der Waals surface area contributed by atoms with Gasteiger partial charge in [-0.25, -0.2) is 9.78 Å². The summed E-state index contributed by atoms with van der Waals surface area (Å²) in [5.41, 5.74) is 2.55. The molecule has 1 atom stereocenters. The molecule has 0 bridgehead atoms. The van der Waals surface area contributed by atoms with Gasteiger partial charge in [0, 0.05) is 56.9 Å². The Morgan fingerprint density at radius 2 is 1.69 bits per heavy atom. The lowest BCUT2D eigenvalue weighted by atomic mass is 9.96. The Kier molecular flexibility index (Phi) is 12.6. The number of piperidine rings is 1. The van der Waals surface area contributed by atoms with E-state index < -0.39 is 24.0 Å². The number of pyridine rings is 1. The van der Waals surface area contributed by atoms with E-state index >= 15 is 0 Å². The number of nitrogens with zero attached hydrogens (tertiary/aromatic N) is 4. The highest BCUT2D eigenvalue weighted by atomic mass is 16.6. The van der Waals surface area contributed by atoms with Crippen molar-refractivity contribution in [1.29, 1.82) is 0 Å². The minimum Gasteiger partial charge on any atom is -0.481 e. The third kappa shape index (κ3) is 9.65. The van der Waals surface area contributed by atoms with Gasteiger partial charge in [0.15, 0.2) is 0 Å². The van der Waals surface area contributed by atoms with Gasteiger partial charge in [-0.15, -0.1) is 0 Å². The van der Waals surface area contributed by atoms with Crippen LogP contribution in [0.4, 0.5) is 10.5 Å². The lowest BCUT2D eigenvalue weighted by Crippen LogP contribution is -2.56. The molecule has 3 N–H and O–H groups in total. The molecule has 244 valence electrons. The smallest absolute Gasteiger partial charge is 0.409 e. The van der Waals surface area contributed by atoms with Gasteiger partial charge in [0.1, 0.15) is 11.7 Å². The molecule has 0 unspecified atom stereocenters. The fourth-order valence-corrected chi connectivity index (χ4v) is 5.74. The Morgan fingerprint density at radius 3 is 2.33 bits per heavy atom. The quantitative estimate of drug-likeness (QED) is 0.287. The molecule has 12 heteroatoms. The number of carboxylic acid groups (broad SMARTS) is 1. The Hall–Kier alpha value is -4.19. The van der Waals surface area contributed by atoms with E-state index in [0.29, 0.717) is 31.3 Å². The van der Waals surface area contributed by atoms with Crippen molar-refractivity contribution in [1.82, 2.24) is 25.4 Å². The van der Waals surface area contributed by atoms with Crippen LogP contribution in [0.15, 0.2) is 42.5 Å². The summed E-state index contributed by atoms with van der Waals surface area (Å²) in [7, 11) is 1.96. The highest BCUT2D eigenvalue weighted by Gasteiger charge is 2.31. The monoisotopic (exact) mass is 622 g/mol. The second-order valence-corrected chi connectivity index (χ2v) is 11.7. The van der Waals surface area contributed by atoms with E-state index in [9.17, 15) is 24.3 Å². The Labute approximate surface area is 265 Å². The van der Waals surface area contributed by atoms with E-state index in [4.69, 9.17) is 4.74 Å². The van der Waals surface area contributed by atoms with E-state index in [1.165, 1.54) is 0 Å². The number of anilines is 1. The standard InChI is InChI=1S/C33H46N6O6/c1-3-4-20-45-33(44)39-18-16-38(17-19-39)32(43)27(10-11-30(40)41)36-31(42)29-22-26(37-14-12-24(13-15-37)23-34-2)21-28(35-29)25-8-6-5-7-9-25/h5-9,21-22,24,27,34H,3-4,10-20,23H2,1-2H3,(H,36,42)(H,40,41)/t27-/m0/s1. The van der Waals surface area contributed by atoms with Crippen molar-refractivity contribution in [3.63, 3.8) is 0 Å². The van der Waals surface area contributed by atoms with Gasteiger partial charge in [0.2, 0.25) is 5.91 Å². The Balaban J connectivity index is 1.50. The highest BCUT2D eigenvalue weighted by molar-refractivity contribution is 5.97. The summed E-state index contributed by atoms with van der Waals surface area (Å²) in [6, 6.07) is 12.3. The zero-order valence-electron chi connectivity index (χ0n) is 26.4. The number of aromatic nitrogens is 1. The molecule has 0 aliphatic carbocycles. The van der Waals surface area contributed by atoms with Crippen molar-refractivity contribution in [2.75, 3.05) is 64.4 Å². The summed E-state index contributed by atoms with van der Waals surface area (Å²) in [5.74, 6) is -1.38. The predicted molar refractivity (Wildman–Crippen MR) is 171 cm³/mol. The molecule has 0 saturated carbocycles. The van der Waals surface area contributed by atoms with Crippen LogP contribution in [0.3, 0.4) is 0 Å². The lowest BCUT2D eigenvalue weighted by molar-refractivity contribution is -0.138. The van der Waals surface area contributed by atoms with Crippen molar-refractivity contribution < 1.29 is 29.0 Å². The van der Waals surface area contributed by atoms with E-state index in [2.05, 4.69) is 20.5 Å². The van der Waals surface area contributed by atoms with E-state index in [0.717, 1.165) is 56.6 Å². The van der Waals surface area contributed by atoms with Crippen LogP contribution in [0.2, 0.25) is 0 Å². The van der Waals surface area contributed by atoms with E-state index in [-0.39, 0.29) is 37.5 Å². The molecule has 1 aromatic heterocycles. The van der Waals surface area contributed by atoms with Crippen molar-refractivity contribution >= 4 is 29.6 Å². The molecule has 0 radical (unpaired) electrons. The van der Waals surface area contributed by atoms with Crippen LogP contribution >= 0.6 is 0 Å². The molecule has 4 rings (SSSR count). The second kappa shape index (κ2) is 16.8. The number of rotatable bonds is 13. The second-order valence-electron chi connectivity index (χ2n) is 11.7. The minimum atomic E-state index is -1.06. The molecule has 2 saturated heterocycles. The number of aliphatic carboxylic acids is 1. The maximum absolute atomic E-state index is 13.7. The molecule has 12 nitrogen and oxygen atoms in total. The third-order valence-corrected chi connectivity index (χ3v) is 8.41. The number of ether oxygens (including phenoxy) is 1. The maximum Gasteiger partial charge on any atom is 0.409 e. The number of amides is 3. The first kappa shape index (κ1) is 33.7. The van der Waals surface area contributed by atoms with Crippen LogP contribution in [0.5, 0.6) is 0 Å². The molecule has 3 heterocycles. The Morgan fingerprint density at radius 1 is 1.00 bits per heavy atom.